The highest BCUT2D eigenvalue weighted by atomic mass is 16.5. The van der Waals surface area contributed by atoms with Crippen molar-refractivity contribution in [2.45, 2.75) is 32.8 Å². The normalized spacial score (nSPS) is 14.6. The molecule has 2 heteroatoms. The molecule has 0 saturated heterocycles. The second kappa shape index (κ2) is 6.10. The maximum Gasteiger partial charge on any atom is 0.124 e. The molecule has 0 fully saturated rings. The number of carbonyl (C=O) groups is 1. The van der Waals surface area contributed by atoms with Gasteiger partial charge in [-0.05, 0) is 13.3 Å². The number of allylic oxidation sites excluding steroid dienone is 1. The van der Waals surface area contributed by atoms with Gasteiger partial charge in [-0.1, -0.05) is 18.6 Å². The SMILES string of the molecule is CCC(/C=C(\C)CC=O)OC. The van der Waals surface area contributed by atoms with Crippen LogP contribution < -0.4 is 0 Å². The number of ether oxygens (including phenoxy) is 1. The molecular formula is C9H16O2. The van der Waals surface area contributed by atoms with Crippen LogP contribution in [0.2, 0.25) is 0 Å². The van der Waals surface area contributed by atoms with Gasteiger partial charge in [-0.3, -0.25) is 0 Å². The van der Waals surface area contributed by atoms with E-state index in [-0.39, 0.29) is 6.10 Å². The van der Waals surface area contributed by atoms with E-state index >= 15 is 0 Å². The zero-order valence-electron chi connectivity index (χ0n) is 7.46. The first-order chi connectivity index (χ1) is 5.24. The molecule has 1 atom stereocenters. The quantitative estimate of drug-likeness (QED) is 0.449. The van der Waals surface area contributed by atoms with Gasteiger partial charge in [0.05, 0.1) is 6.10 Å². The van der Waals surface area contributed by atoms with E-state index in [0.717, 1.165) is 18.3 Å². The summed E-state index contributed by atoms with van der Waals surface area (Å²) in [5, 5.41) is 0. The fourth-order valence-corrected chi connectivity index (χ4v) is 0.869. The van der Waals surface area contributed by atoms with E-state index in [9.17, 15) is 4.79 Å². The average Bonchev–Trinajstić information content (AvgIpc) is 2.01. The van der Waals surface area contributed by atoms with E-state index in [1.807, 2.05) is 13.0 Å². The summed E-state index contributed by atoms with van der Waals surface area (Å²) in [6, 6.07) is 0. The minimum atomic E-state index is 0.162. The molecule has 0 aromatic rings. The topological polar surface area (TPSA) is 26.3 Å². The third-order valence-corrected chi connectivity index (χ3v) is 1.58. The van der Waals surface area contributed by atoms with Gasteiger partial charge in [-0.2, -0.15) is 0 Å². The number of aldehydes is 1. The van der Waals surface area contributed by atoms with E-state index in [2.05, 4.69) is 6.92 Å². The van der Waals surface area contributed by atoms with Crippen LogP contribution in [-0.2, 0) is 9.53 Å². The second-order valence-electron chi connectivity index (χ2n) is 2.57. The molecule has 0 aromatic heterocycles. The second-order valence-corrected chi connectivity index (χ2v) is 2.57. The molecule has 0 bridgehead atoms. The van der Waals surface area contributed by atoms with Gasteiger partial charge in [0.15, 0.2) is 0 Å². The molecule has 0 aliphatic heterocycles. The van der Waals surface area contributed by atoms with Crippen LogP contribution in [0.15, 0.2) is 11.6 Å². The Balaban J connectivity index is 3.91. The van der Waals surface area contributed by atoms with Crippen molar-refractivity contribution in [3.8, 4) is 0 Å². The molecule has 0 rings (SSSR count). The molecule has 0 saturated carbocycles. The number of rotatable bonds is 5. The van der Waals surface area contributed by atoms with Crippen molar-refractivity contribution in [3.05, 3.63) is 11.6 Å². The van der Waals surface area contributed by atoms with Crippen LogP contribution in [0.25, 0.3) is 0 Å². The van der Waals surface area contributed by atoms with E-state index < -0.39 is 0 Å². The fraction of sp³-hybridized carbons (Fsp3) is 0.667. The van der Waals surface area contributed by atoms with Gasteiger partial charge in [0.1, 0.15) is 6.29 Å². The molecule has 0 amide bonds. The smallest absolute Gasteiger partial charge is 0.124 e. The molecule has 1 unspecified atom stereocenters. The number of carbonyl (C=O) groups excluding carboxylic acids is 1. The molecular weight excluding hydrogens is 140 g/mol. The summed E-state index contributed by atoms with van der Waals surface area (Å²) in [6.45, 7) is 3.99. The van der Waals surface area contributed by atoms with Crippen LogP contribution in [0.1, 0.15) is 26.7 Å². The lowest BCUT2D eigenvalue weighted by Gasteiger charge is -2.07. The molecule has 0 spiro atoms. The van der Waals surface area contributed by atoms with E-state index in [1.165, 1.54) is 0 Å². The number of methoxy groups -OCH3 is 1. The number of hydrogen-bond acceptors (Lipinski definition) is 2. The van der Waals surface area contributed by atoms with Gasteiger partial charge < -0.3 is 9.53 Å². The largest absolute Gasteiger partial charge is 0.377 e. The fourth-order valence-electron chi connectivity index (χ4n) is 0.869. The average molecular weight is 156 g/mol. The predicted molar refractivity (Wildman–Crippen MR) is 45.5 cm³/mol. The van der Waals surface area contributed by atoms with E-state index in [0.29, 0.717) is 6.42 Å². The van der Waals surface area contributed by atoms with Crippen LogP contribution in [0.5, 0.6) is 0 Å². The zero-order chi connectivity index (χ0) is 8.69. The van der Waals surface area contributed by atoms with Crippen LogP contribution in [0.3, 0.4) is 0 Å². The molecule has 0 aliphatic carbocycles. The summed E-state index contributed by atoms with van der Waals surface area (Å²) in [7, 11) is 1.68. The minimum absolute atomic E-state index is 0.162. The molecule has 2 nitrogen and oxygen atoms in total. The summed E-state index contributed by atoms with van der Waals surface area (Å²) in [5.41, 5.74) is 1.08. The van der Waals surface area contributed by atoms with Crippen molar-refractivity contribution < 1.29 is 9.53 Å². The summed E-state index contributed by atoms with van der Waals surface area (Å²) >= 11 is 0. The summed E-state index contributed by atoms with van der Waals surface area (Å²) < 4.78 is 5.12. The Morgan fingerprint density at radius 2 is 2.27 bits per heavy atom. The van der Waals surface area contributed by atoms with Crippen LogP contribution in [0.4, 0.5) is 0 Å². The molecule has 64 valence electrons. The predicted octanol–water partition coefficient (Wildman–Crippen LogP) is 1.95. The molecule has 0 aliphatic rings. The Morgan fingerprint density at radius 3 is 2.64 bits per heavy atom. The zero-order valence-corrected chi connectivity index (χ0v) is 7.46. The third-order valence-electron chi connectivity index (χ3n) is 1.58. The van der Waals surface area contributed by atoms with Crippen molar-refractivity contribution in [3.63, 3.8) is 0 Å². The Hall–Kier alpha value is -0.630. The van der Waals surface area contributed by atoms with E-state index in [4.69, 9.17) is 4.74 Å². The summed E-state index contributed by atoms with van der Waals surface area (Å²) in [4.78, 5) is 10.1. The van der Waals surface area contributed by atoms with E-state index in [1.54, 1.807) is 7.11 Å². The maximum atomic E-state index is 10.1. The highest BCUT2D eigenvalue weighted by molar-refractivity contribution is 5.53. The van der Waals surface area contributed by atoms with Crippen molar-refractivity contribution in [1.82, 2.24) is 0 Å². The summed E-state index contributed by atoms with van der Waals surface area (Å²) in [6.07, 6.45) is 4.53. The highest BCUT2D eigenvalue weighted by Gasteiger charge is 1.99. The third kappa shape index (κ3) is 4.73. The Bertz CT molecular complexity index is 134. The van der Waals surface area contributed by atoms with Crippen LogP contribution in [0, 0.1) is 0 Å². The van der Waals surface area contributed by atoms with Gasteiger partial charge >= 0.3 is 0 Å². The van der Waals surface area contributed by atoms with Crippen molar-refractivity contribution in [1.29, 1.82) is 0 Å². The summed E-state index contributed by atoms with van der Waals surface area (Å²) in [5.74, 6) is 0. The van der Waals surface area contributed by atoms with Gasteiger partial charge in [-0.15, -0.1) is 0 Å². The number of hydrogen-bond donors (Lipinski definition) is 0. The molecule has 0 aromatic carbocycles. The molecule has 0 heterocycles. The molecule has 11 heavy (non-hydrogen) atoms. The Kier molecular flexibility index (Phi) is 5.75. The lowest BCUT2D eigenvalue weighted by molar-refractivity contribution is -0.107. The standard InChI is InChI=1S/C9H16O2/c1-4-9(11-3)7-8(2)5-6-10/h6-7,9H,4-5H2,1-3H3/b8-7+. The lowest BCUT2D eigenvalue weighted by atomic mass is 10.1. The highest BCUT2D eigenvalue weighted by Crippen LogP contribution is 2.04. The van der Waals surface area contributed by atoms with Gasteiger partial charge in [0.25, 0.3) is 0 Å². The molecule has 0 radical (unpaired) electrons. The first-order valence-corrected chi connectivity index (χ1v) is 3.88. The van der Waals surface area contributed by atoms with Gasteiger partial charge in [-0.25, -0.2) is 0 Å². The maximum absolute atomic E-state index is 10.1. The van der Waals surface area contributed by atoms with Crippen molar-refractivity contribution >= 4 is 6.29 Å². The minimum Gasteiger partial charge on any atom is -0.377 e. The van der Waals surface area contributed by atoms with Gasteiger partial charge in [0, 0.05) is 13.5 Å². The van der Waals surface area contributed by atoms with Crippen molar-refractivity contribution in [2.75, 3.05) is 7.11 Å². The van der Waals surface area contributed by atoms with Crippen LogP contribution >= 0.6 is 0 Å². The Morgan fingerprint density at radius 1 is 1.64 bits per heavy atom. The lowest BCUT2D eigenvalue weighted by Crippen LogP contribution is -2.05. The van der Waals surface area contributed by atoms with Crippen molar-refractivity contribution in [2.24, 2.45) is 0 Å². The van der Waals surface area contributed by atoms with Gasteiger partial charge in [0.2, 0.25) is 0 Å². The molecule has 0 N–H and O–H groups in total. The first-order valence-electron chi connectivity index (χ1n) is 3.88. The monoisotopic (exact) mass is 156 g/mol. The van der Waals surface area contributed by atoms with Crippen LogP contribution in [-0.4, -0.2) is 19.5 Å². The first kappa shape index (κ1) is 10.4. The Labute approximate surface area is 68.2 Å².